The molecule has 138 valence electrons. The van der Waals surface area contributed by atoms with E-state index in [1.54, 1.807) is 0 Å². The van der Waals surface area contributed by atoms with Crippen molar-refractivity contribution < 1.29 is 18.0 Å². The second kappa shape index (κ2) is 15.0. The third kappa shape index (κ3) is 12.7. The van der Waals surface area contributed by atoms with E-state index in [2.05, 4.69) is 22.6 Å². The van der Waals surface area contributed by atoms with Crippen molar-refractivity contribution in [1.82, 2.24) is 0 Å². The maximum atomic E-state index is 5.87. The molecule has 7 heteroatoms. The Balaban J connectivity index is 3.86. The molecule has 23 heavy (non-hydrogen) atoms. The van der Waals surface area contributed by atoms with Crippen LogP contribution in [0.15, 0.2) is 0 Å². The minimum absolute atomic E-state index is 0.207. The van der Waals surface area contributed by atoms with Gasteiger partial charge in [-0.15, -0.1) is 0 Å². The van der Waals surface area contributed by atoms with Gasteiger partial charge in [0.1, 0.15) is 4.11 Å². The van der Waals surface area contributed by atoms with Gasteiger partial charge in [0.2, 0.25) is 0 Å². The molecule has 1 unspecified atom stereocenters. The molecule has 0 aliphatic carbocycles. The zero-order chi connectivity index (χ0) is 17.6. The molecule has 0 fully saturated rings. The van der Waals surface area contributed by atoms with E-state index in [0.717, 1.165) is 18.9 Å². The molecule has 0 saturated heterocycles. The minimum Gasteiger partial charge on any atom is -0.474 e. The largest absolute Gasteiger partial charge is 0.500 e. The molecular weight excluding hydrogens is 443 g/mol. The van der Waals surface area contributed by atoms with E-state index in [1.165, 1.54) is 25.7 Å². The maximum Gasteiger partial charge on any atom is 0.500 e. The highest BCUT2D eigenvalue weighted by Crippen LogP contribution is 2.21. The number of ether oxygens (including phenoxy) is 1. The lowest BCUT2D eigenvalue weighted by atomic mass is 10.1. The van der Waals surface area contributed by atoms with Gasteiger partial charge in [-0.05, 0) is 74.8 Å². The van der Waals surface area contributed by atoms with Gasteiger partial charge in [0.25, 0.3) is 0 Å². The van der Waals surface area contributed by atoms with Gasteiger partial charge in [-0.2, -0.15) is 0 Å². The summed E-state index contributed by atoms with van der Waals surface area (Å²) in [6, 6.07) is 0.921. The van der Waals surface area contributed by atoms with Crippen molar-refractivity contribution in [3.8, 4) is 0 Å². The van der Waals surface area contributed by atoms with Crippen LogP contribution in [0.4, 0.5) is 0 Å². The Hall–Kier alpha value is 0.717. The lowest BCUT2D eigenvalue weighted by Gasteiger charge is -2.28. The van der Waals surface area contributed by atoms with Crippen LogP contribution < -0.4 is 0 Å². The van der Waals surface area contributed by atoms with Crippen molar-refractivity contribution >= 4 is 48.7 Å². The molecule has 0 aromatic rings. The van der Waals surface area contributed by atoms with E-state index in [1.807, 2.05) is 27.7 Å². The van der Waals surface area contributed by atoms with Gasteiger partial charge in [-0.25, -0.2) is 0 Å². The highest BCUT2D eigenvalue weighted by atomic mass is 127. The molecule has 0 radical (unpaired) electrons. The van der Waals surface area contributed by atoms with Crippen molar-refractivity contribution in [2.24, 2.45) is 0 Å². The first-order valence-electron chi connectivity index (χ1n) is 8.72. The molecule has 0 rings (SSSR count). The Morgan fingerprint density at radius 2 is 1.39 bits per heavy atom. The fourth-order valence-electron chi connectivity index (χ4n) is 2.42. The Labute approximate surface area is 162 Å². The summed E-state index contributed by atoms with van der Waals surface area (Å²) in [5, 5.41) is 0.633. The number of thiocarbonyl (C=S) groups is 1. The summed E-state index contributed by atoms with van der Waals surface area (Å²) < 4.78 is 23.3. The number of hydrogen-bond acceptors (Lipinski definition) is 5. The molecule has 0 N–H and O–H groups in total. The van der Waals surface area contributed by atoms with Crippen LogP contribution in [-0.4, -0.2) is 37.8 Å². The summed E-state index contributed by atoms with van der Waals surface area (Å²) in [5.74, 6) is 0. The Kier molecular flexibility index (Phi) is 15.5. The van der Waals surface area contributed by atoms with Crippen molar-refractivity contribution in [2.45, 2.75) is 76.4 Å². The van der Waals surface area contributed by atoms with Gasteiger partial charge >= 0.3 is 8.80 Å². The summed E-state index contributed by atoms with van der Waals surface area (Å²) in [5.41, 5.74) is 0. The highest BCUT2D eigenvalue weighted by Gasteiger charge is 2.39. The molecule has 0 heterocycles. The Morgan fingerprint density at radius 1 is 0.913 bits per heavy atom. The van der Waals surface area contributed by atoms with E-state index in [9.17, 15) is 0 Å². The molecule has 0 saturated carbocycles. The number of halogens is 1. The zero-order valence-corrected chi connectivity index (χ0v) is 19.0. The van der Waals surface area contributed by atoms with Crippen LogP contribution >= 0.6 is 34.8 Å². The van der Waals surface area contributed by atoms with Crippen molar-refractivity contribution in [3.63, 3.8) is 0 Å². The molecular formula is C16H33IO4SSi. The lowest BCUT2D eigenvalue weighted by Crippen LogP contribution is -2.45. The monoisotopic (exact) mass is 476 g/mol. The summed E-state index contributed by atoms with van der Waals surface area (Å²) in [7, 11) is -2.44. The average Bonchev–Trinajstić information content (AvgIpc) is 2.46. The smallest absolute Gasteiger partial charge is 0.474 e. The first-order chi connectivity index (χ1) is 11.0. The van der Waals surface area contributed by atoms with E-state index in [0.29, 0.717) is 24.9 Å². The van der Waals surface area contributed by atoms with Crippen LogP contribution in [0.5, 0.6) is 0 Å². The van der Waals surface area contributed by atoms with Crippen molar-refractivity contribution in [2.75, 3.05) is 19.8 Å². The third-order valence-electron chi connectivity index (χ3n) is 3.30. The topological polar surface area (TPSA) is 36.9 Å². The van der Waals surface area contributed by atoms with Gasteiger partial charge in [0, 0.05) is 32.8 Å². The van der Waals surface area contributed by atoms with Crippen LogP contribution in [0.3, 0.4) is 0 Å². The fourth-order valence-corrected chi connectivity index (χ4v) is 6.21. The van der Waals surface area contributed by atoms with Gasteiger partial charge in [0.05, 0.1) is 0 Å². The molecule has 0 spiro atoms. The van der Waals surface area contributed by atoms with E-state index >= 15 is 0 Å². The van der Waals surface area contributed by atoms with Gasteiger partial charge < -0.3 is 18.0 Å². The Morgan fingerprint density at radius 3 is 1.87 bits per heavy atom. The van der Waals surface area contributed by atoms with E-state index in [-0.39, 0.29) is 4.11 Å². The second-order valence-corrected chi connectivity index (χ2v) is 10.0. The van der Waals surface area contributed by atoms with Gasteiger partial charge in [0.15, 0.2) is 5.05 Å². The van der Waals surface area contributed by atoms with E-state index < -0.39 is 8.80 Å². The van der Waals surface area contributed by atoms with Crippen LogP contribution in [0.1, 0.15) is 66.2 Å². The van der Waals surface area contributed by atoms with Gasteiger partial charge in [-0.3, -0.25) is 0 Å². The van der Waals surface area contributed by atoms with Crippen LogP contribution in [0, 0.1) is 0 Å². The van der Waals surface area contributed by atoms with Crippen LogP contribution in [0.2, 0.25) is 6.04 Å². The molecule has 0 aromatic carbocycles. The predicted octanol–water partition coefficient (Wildman–Crippen LogP) is 5.50. The van der Waals surface area contributed by atoms with Crippen LogP contribution in [-0.2, 0) is 18.0 Å². The summed E-state index contributed by atoms with van der Waals surface area (Å²) in [6.07, 6.45) is 7.00. The summed E-state index contributed by atoms with van der Waals surface area (Å²) in [4.78, 5) is 0. The third-order valence-corrected chi connectivity index (χ3v) is 7.43. The van der Waals surface area contributed by atoms with Crippen molar-refractivity contribution in [1.29, 1.82) is 0 Å². The molecule has 0 bridgehead atoms. The Bertz CT molecular complexity index is 291. The zero-order valence-electron chi connectivity index (χ0n) is 15.1. The number of rotatable bonds is 15. The number of unbranched alkanes of at least 4 members (excludes halogenated alkanes) is 4. The van der Waals surface area contributed by atoms with E-state index in [4.69, 9.17) is 30.2 Å². The van der Waals surface area contributed by atoms with Gasteiger partial charge in [-0.1, -0.05) is 19.3 Å². The SMILES string of the molecule is CCO[Si](CCCCCCCC(I)OC(C)=S)(OCC)OCC. The first-order valence-corrected chi connectivity index (χ1v) is 12.3. The average molecular weight is 476 g/mol. The standard InChI is InChI=1S/C16H33IO4SSi/c1-5-18-23(19-6-2,20-7-3)14-12-10-8-9-11-13-16(17)21-15(4)22/h16H,5-14H2,1-4H3. The van der Waals surface area contributed by atoms with Crippen LogP contribution in [0.25, 0.3) is 0 Å². The lowest BCUT2D eigenvalue weighted by molar-refractivity contribution is 0.0706. The summed E-state index contributed by atoms with van der Waals surface area (Å²) >= 11 is 7.26. The molecule has 0 amide bonds. The quantitative estimate of drug-likeness (QED) is 0.103. The molecule has 0 aliphatic rings. The minimum atomic E-state index is -2.44. The van der Waals surface area contributed by atoms with Crippen molar-refractivity contribution in [3.05, 3.63) is 0 Å². The molecule has 4 nitrogen and oxygen atoms in total. The summed E-state index contributed by atoms with van der Waals surface area (Å²) in [6.45, 7) is 9.80. The number of alkyl halides is 1. The normalized spacial score (nSPS) is 13.1. The maximum absolute atomic E-state index is 5.87. The second-order valence-electron chi connectivity index (χ2n) is 5.31. The highest BCUT2D eigenvalue weighted by molar-refractivity contribution is 14.1. The predicted molar refractivity (Wildman–Crippen MR) is 110 cm³/mol. The molecule has 0 aliphatic heterocycles. The fraction of sp³-hybridized carbons (Fsp3) is 0.938. The molecule has 0 aromatic heterocycles. The first kappa shape index (κ1) is 23.7. The molecule has 1 atom stereocenters. The number of hydrogen-bond donors (Lipinski definition) is 0.